The first kappa shape index (κ1) is 52.0. The first-order chi connectivity index (χ1) is 30.1. The molecule has 30 heteroatoms. The van der Waals surface area contributed by atoms with Crippen LogP contribution in [0.5, 0.6) is 0 Å². The Morgan fingerprint density at radius 3 is 1.20 bits per heavy atom. The summed E-state index contributed by atoms with van der Waals surface area (Å²) >= 11 is 0. The minimum absolute atomic E-state index is 0.817. The van der Waals surface area contributed by atoms with E-state index in [0.29, 0.717) is 0 Å². The van der Waals surface area contributed by atoms with Gasteiger partial charge < -0.3 is 130 Å². The van der Waals surface area contributed by atoms with Crippen LogP contribution in [0.2, 0.25) is 0 Å². The number of hydrogen-bond acceptors (Lipinski definition) is 26. The summed E-state index contributed by atoms with van der Waals surface area (Å²) in [7, 11) is 0. The van der Waals surface area contributed by atoms with E-state index in [1.807, 2.05) is 0 Å². The lowest BCUT2D eigenvalue weighted by Gasteiger charge is -2.50. The number of carboxylic acids is 2. The van der Waals surface area contributed by atoms with Crippen molar-refractivity contribution < 1.29 is 138 Å². The zero-order valence-corrected chi connectivity index (χ0v) is 33.6. The maximum Gasteiger partial charge on any atom is 0.335 e. The van der Waals surface area contributed by atoms with E-state index in [2.05, 4.69) is 10.6 Å². The Balaban J connectivity index is 1.49. The molecule has 25 atom stereocenters. The van der Waals surface area contributed by atoms with Gasteiger partial charge in [0.15, 0.2) is 43.7 Å². The number of amides is 2. The van der Waals surface area contributed by atoms with Crippen LogP contribution in [0.15, 0.2) is 0 Å². The third-order valence-corrected chi connectivity index (χ3v) is 11.1. The second-order valence-corrected chi connectivity index (χ2v) is 15.5. The fourth-order valence-electron chi connectivity index (χ4n) is 7.74. The van der Waals surface area contributed by atoms with Gasteiger partial charge >= 0.3 is 11.9 Å². The highest BCUT2D eigenvalue weighted by atomic mass is 16.8. The molecule has 0 aromatic carbocycles. The maximum absolute atomic E-state index is 12.7. The standard InChI is InChI=1S/C34H54N2O28/c1-6(40)35-11-16(45)13(42)9(4-38)57-31(11)59-22-19(48)20(49)33(63-26(22)28(51)52)62-25-21(50)23(60-32-12(36-7(2)41)17(46)14(43)10(5-39)58-32)27(29(53)54)64-34(25)61-24-18(47)15(44)8(3-37)56-30(24)55/h8-27,30-34,37-39,42-50,55H,3-5H2,1-2H3,(H,35,40)(H,36,41)(H,51,52)(H,53,54)/t8-,9-,10-,11-,12-,13-,14-,15+,16-,17-,18+,19-,20-,21+,22+,23+,24-,25-,26+,27+,30?,31-,32-,33+,34+/m1/s1. The molecule has 2 amide bonds. The molecule has 5 rings (SSSR count). The summed E-state index contributed by atoms with van der Waals surface area (Å²) in [4.78, 5) is 49.4. The molecule has 5 aliphatic rings. The van der Waals surface area contributed by atoms with Crippen molar-refractivity contribution in [3.05, 3.63) is 0 Å². The zero-order chi connectivity index (χ0) is 47.6. The molecule has 30 nitrogen and oxygen atoms in total. The van der Waals surface area contributed by atoms with Gasteiger partial charge in [-0.3, -0.25) is 9.59 Å². The third kappa shape index (κ3) is 10.9. The number of aliphatic hydroxyl groups is 13. The lowest BCUT2D eigenvalue weighted by atomic mass is 9.94. The molecule has 0 saturated carbocycles. The molecule has 0 aliphatic carbocycles. The average Bonchev–Trinajstić information content (AvgIpc) is 3.23. The molecule has 64 heavy (non-hydrogen) atoms. The number of carboxylic acid groups (broad SMARTS) is 2. The Labute approximate surface area is 359 Å². The topological polar surface area (TPSA) is 479 Å². The average molecular weight is 939 g/mol. The van der Waals surface area contributed by atoms with E-state index in [-0.39, 0.29) is 0 Å². The zero-order valence-electron chi connectivity index (χ0n) is 33.6. The van der Waals surface area contributed by atoms with E-state index in [1.165, 1.54) is 0 Å². The van der Waals surface area contributed by atoms with E-state index in [9.17, 15) is 95.8 Å². The normalized spacial score (nSPS) is 47.6. The van der Waals surface area contributed by atoms with Crippen LogP contribution in [0.3, 0.4) is 0 Å². The molecular weight excluding hydrogens is 884 g/mol. The second kappa shape index (κ2) is 21.7. The minimum atomic E-state index is -2.52. The molecule has 368 valence electrons. The molecular formula is C34H54N2O28. The van der Waals surface area contributed by atoms with Crippen molar-refractivity contribution >= 4 is 23.8 Å². The van der Waals surface area contributed by atoms with Crippen LogP contribution in [0, 0.1) is 0 Å². The number of aliphatic carboxylic acids is 2. The van der Waals surface area contributed by atoms with Crippen LogP contribution in [0.4, 0.5) is 0 Å². The fraction of sp³-hybridized carbons (Fsp3) is 0.882. The number of hydrogen-bond donors (Lipinski definition) is 17. The van der Waals surface area contributed by atoms with Gasteiger partial charge in [0.1, 0.15) is 110 Å². The molecule has 5 fully saturated rings. The Hall–Kier alpha value is -3.00. The summed E-state index contributed by atoms with van der Waals surface area (Å²) in [6.45, 7) is -0.880. The number of carbonyl (C=O) groups excluding carboxylic acids is 2. The first-order valence-corrected chi connectivity index (χ1v) is 19.6. The number of nitrogens with one attached hydrogen (secondary N) is 2. The van der Waals surface area contributed by atoms with Crippen LogP contribution in [-0.2, 0) is 61.8 Å². The van der Waals surface area contributed by atoms with Gasteiger partial charge in [0.2, 0.25) is 11.8 Å². The Morgan fingerprint density at radius 2 is 0.781 bits per heavy atom. The molecule has 0 aromatic heterocycles. The van der Waals surface area contributed by atoms with Gasteiger partial charge in [-0.05, 0) is 0 Å². The van der Waals surface area contributed by atoms with Gasteiger partial charge in [0.05, 0.1) is 19.8 Å². The molecule has 1 unspecified atom stereocenters. The number of ether oxygens (including phenoxy) is 9. The lowest BCUT2D eigenvalue weighted by molar-refractivity contribution is -0.399. The predicted molar refractivity (Wildman–Crippen MR) is 191 cm³/mol. The summed E-state index contributed by atoms with van der Waals surface area (Å²) in [5.41, 5.74) is 0. The monoisotopic (exact) mass is 938 g/mol. The summed E-state index contributed by atoms with van der Waals surface area (Å²) in [5.74, 6) is -5.57. The van der Waals surface area contributed by atoms with E-state index < -0.39 is 197 Å². The third-order valence-electron chi connectivity index (χ3n) is 11.1. The molecule has 0 aromatic rings. The van der Waals surface area contributed by atoms with Gasteiger partial charge in [-0.2, -0.15) is 0 Å². The summed E-state index contributed by atoms with van der Waals surface area (Å²) < 4.78 is 49.7. The van der Waals surface area contributed by atoms with Crippen LogP contribution in [0.25, 0.3) is 0 Å². The first-order valence-electron chi connectivity index (χ1n) is 19.6. The Bertz CT molecular complexity index is 1600. The van der Waals surface area contributed by atoms with Crippen molar-refractivity contribution in [2.45, 2.75) is 167 Å². The van der Waals surface area contributed by atoms with Gasteiger partial charge in [0.25, 0.3) is 0 Å². The highest BCUT2D eigenvalue weighted by Gasteiger charge is 2.59. The van der Waals surface area contributed by atoms with Crippen molar-refractivity contribution in [1.29, 1.82) is 0 Å². The highest BCUT2D eigenvalue weighted by Crippen LogP contribution is 2.37. The molecule has 17 N–H and O–H groups in total. The minimum Gasteiger partial charge on any atom is -0.479 e. The molecule has 0 bridgehead atoms. The summed E-state index contributed by atoms with van der Waals surface area (Å²) in [5, 5.41) is 163. The summed E-state index contributed by atoms with van der Waals surface area (Å²) in [6.07, 6.45) is -49.0. The van der Waals surface area contributed by atoms with Crippen molar-refractivity contribution in [3.8, 4) is 0 Å². The largest absolute Gasteiger partial charge is 0.479 e. The molecule has 5 saturated heterocycles. The Morgan fingerprint density at radius 1 is 0.422 bits per heavy atom. The smallest absolute Gasteiger partial charge is 0.335 e. The van der Waals surface area contributed by atoms with E-state index in [0.717, 1.165) is 13.8 Å². The van der Waals surface area contributed by atoms with E-state index in [4.69, 9.17) is 42.6 Å². The van der Waals surface area contributed by atoms with Crippen LogP contribution < -0.4 is 10.6 Å². The SMILES string of the molecule is CC(=O)N[C@H]1[C@@H](O[C@H]2[C@H](O)[C@@H](O)[C@@H](O[C@H]3[C@@H](O[C@H]4C(O)O[C@H](CO)[C@H](O)[C@@H]4O)O[C@H](C(=O)O)[C@@H](O[C@H]4O[C@H](CO)[C@@H](O)[C@H](O)[C@H]4NC(C)=O)[C@@H]3O)O[C@@H]2C(=O)O)O[C@H](CO)[C@@H](O)[C@@H]1O. The molecule has 5 aliphatic heterocycles. The number of carbonyl (C=O) groups is 4. The fourth-order valence-corrected chi connectivity index (χ4v) is 7.74. The molecule has 0 spiro atoms. The van der Waals surface area contributed by atoms with Gasteiger partial charge in [-0.15, -0.1) is 0 Å². The predicted octanol–water partition coefficient (Wildman–Crippen LogP) is -11.5. The van der Waals surface area contributed by atoms with Gasteiger partial charge in [-0.1, -0.05) is 0 Å². The van der Waals surface area contributed by atoms with Crippen LogP contribution in [0.1, 0.15) is 13.8 Å². The second-order valence-electron chi connectivity index (χ2n) is 15.5. The van der Waals surface area contributed by atoms with E-state index >= 15 is 0 Å². The van der Waals surface area contributed by atoms with Gasteiger partial charge in [0, 0.05) is 13.8 Å². The molecule has 0 radical (unpaired) electrons. The van der Waals surface area contributed by atoms with Crippen molar-refractivity contribution in [1.82, 2.24) is 10.6 Å². The van der Waals surface area contributed by atoms with Crippen molar-refractivity contribution in [2.75, 3.05) is 19.8 Å². The summed E-state index contributed by atoms with van der Waals surface area (Å²) in [6, 6.07) is -3.44. The van der Waals surface area contributed by atoms with Crippen LogP contribution >= 0.6 is 0 Å². The van der Waals surface area contributed by atoms with Crippen LogP contribution in [-0.4, -0.2) is 274 Å². The quantitative estimate of drug-likeness (QED) is 0.0725. The van der Waals surface area contributed by atoms with Crippen molar-refractivity contribution in [3.63, 3.8) is 0 Å². The van der Waals surface area contributed by atoms with E-state index in [1.54, 1.807) is 0 Å². The lowest BCUT2D eigenvalue weighted by Crippen LogP contribution is -2.70. The Kier molecular flexibility index (Phi) is 17.7. The number of rotatable bonds is 15. The molecule has 5 heterocycles. The van der Waals surface area contributed by atoms with Crippen molar-refractivity contribution in [2.24, 2.45) is 0 Å². The van der Waals surface area contributed by atoms with Gasteiger partial charge in [-0.25, -0.2) is 9.59 Å². The maximum atomic E-state index is 12.7. The number of aliphatic hydroxyl groups excluding tert-OH is 13. The highest BCUT2D eigenvalue weighted by molar-refractivity contribution is 5.74.